The first-order valence-corrected chi connectivity index (χ1v) is 11.4. The lowest BCUT2D eigenvalue weighted by atomic mass is 10.0. The third-order valence-corrected chi connectivity index (χ3v) is 6.46. The summed E-state index contributed by atoms with van der Waals surface area (Å²) in [5.41, 5.74) is 0.235. The average Bonchev–Trinajstić information content (AvgIpc) is 2.66. The number of alkyl carbamates (subject to hydrolysis) is 1. The van der Waals surface area contributed by atoms with Crippen LogP contribution in [0.5, 0.6) is 0 Å². The van der Waals surface area contributed by atoms with Gasteiger partial charge in [-0.15, -0.1) is 0 Å². The molecule has 2 amide bonds. The molecule has 1 atom stereocenters. The third-order valence-electron chi connectivity index (χ3n) is 4.58. The highest BCUT2D eigenvalue weighted by molar-refractivity contribution is 7.89. The summed E-state index contributed by atoms with van der Waals surface area (Å²) in [4.78, 5) is 27.0. The van der Waals surface area contributed by atoms with E-state index in [1.165, 1.54) is 4.31 Å². The molecule has 1 saturated heterocycles. The van der Waals surface area contributed by atoms with E-state index in [-0.39, 0.29) is 24.7 Å². The van der Waals surface area contributed by atoms with Gasteiger partial charge in [0.25, 0.3) is 0 Å². The number of piperazine rings is 1. The van der Waals surface area contributed by atoms with Crippen LogP contribution in [0.25, 0.3) is 0 Å². The van der Waals surface area contributed by atoms with Gasteiger partial charge >= 0.3 is 6.09 Å². The lowest BCUT2D eigenvalue weighted by Gasteiger charge is -2.36. The van der Waals surface area contributed by atoms with E-state index in [4.69, 9.17) is 4.74 Å². The summed E-state index contributed by atoms with van der Waals surface area (Å²) in [6, 6.07) is 8.62. The van der Waals surface area contributed by atoms with Crippen LogP contribution in [-0.4, -0.2) is 73.2 Å². The maximum atomic E-state index is 13.1. The monoisotopic (exact) mass is 425 g/mol. The van der Waals surface area contributed by atoms with Crippen LogP contribution in [0, 0.1) is 0 Å². The molecule has 2 rings (SSSR count). The van der Waals surface area contributed by atoms with Gasteiger partial charge in [-0.3, -0.25) is 4.79 Å². The molecule has 9 heteroatoms. The van der Waals surface area contributed by atoms with E-state index in [1.807, 2.05) is 30.3 Å². The molecular weight excluding hydrogens is 394 g/mol. The number of carbonyl (C=O) groups excluding carboxylic acids is 2. The molecule has 29 heavy (non-hydrogen) atoms. The average molecular weight is 426 g/mol. The number of benzene rings is 1. The Bertz CT molecular complexity index is 797. The van der Waals surface area contributed by atoms with Crippen molar-refractivity contribution in [3.05, 3.63) is 35.9 Å². The molecule has 1 aliphatic rings. The summed E-state index contributed by atoms with van der Waals surface area (Å²) in [6.45, 7) is 7.97. The minimum Gasteiger partial charge on any atom is -0.444 e. The molecule has 1 unspecified atom stereocenters. The summed E-state index contributed by atoms with van der Waals surface area (Å²) < 4.78 is 30.8. The minimum absolute atomic E-state index is 0.0395. The van der Waals surface area contributed by atoms with Crippen molar-refractivity contribution in [2.24, 2.45) is 0 Å². The largest absolute Gasteiger partial charge is 0.444 e. The molecule has 0 aromatic heterocycles. The number of carbonyl (C=O) groups is 2. The van der Waals surface area contributed by atoms with Crippen molar-refractivity contribution in [1.82, 2.24) is 14.5 Å². The fourth-order valence-corrected chi connectivity index (χ4v) is 4.17. The predicted octanol–water partition coefficient (Wildman–Crippen LogP) is 1.62. The molecule has 0 aliphatic carbocycles. The number of nitrogens with one attached hydrogen (secondary N) is 1. The molecule has 1 N–H and O–H groups in total. The molecular formula is C20H31N3O5S. The Labute approximate surface area is 173 Å². The first-order valence-electron chi connectivity index (χ1n) is 9.82. The van der Waals surface area contributed by atoms with Crippen LogP contribution in [-0.2, 0) is 26.0 Å². The lowest BCUT2D eigenvalue weighted by molar-refractivity contribution is -0.134. The molecule has 1 heterocycles. The Balaban J connectivity index is 2.09. The highest BCUT2D eigenvalue weighted by atomic mass is 32.2. The maximum absolute atomic E-state index is 13.1. The highest BCUT2D eigenvalue weighted by Crippen LogP contribution is 2.13. The van der Waals surface area contributed by atoms with Gasteiger partial charge in [0.1, 0.15) is 11.6 Å². The summed E-state index contributed by atoms with van der Waals surface area (Å²) in [5, 5.41) is 2.69. The zero-order valence-electron chi connectivity index (χ0n) is 17.6. The van der Waals surface area contributed by atoms with Crippen molar-refractivity contribution in [1.29, 1.82) is 0 Å². The SMILES string of the molecule is CCS(=O)(=O)N1CCN(C(=O)C(Cc2ccccc2)NC(=O)OC(C)(C)C)CC1. The molecule has 1 aromatic rings. The van der Waals surface area contributed by atoms with Gasteiger partial charge in [-0.1, -0.05) is 30.3 Å². The normalized spacial score (nSPS) is 16.9. The number of sulfonamides is 1. The first kappa shape index (κ1) is 23.2. The molecule has 0 spiro atoms. The Morgan fingerprint density at radius 1 is 1.10 bits per heavy atom. The fourth-order valence-electron chi connectivity index (χ4n) is 3.09. The van der Waals surface area contributed by atoms with E-state index >= 15 is 0 Å². The van der Waals surface area contributed by atoms with E-state index in [2.05, 4.69) is 5.32 Å². The van der Waals surface area contributed by atoms with E-state index in [1.54, 1.807) is 32.6 Å². The minimum atomic E-state index is -3.27. The van der Waals surface area contributed by atoms with Gasteiger partial charge in [0.2, 0.25) is 15.9 Å². The van der Waals surface area contributed by atoms with Gasteiger partial charge < -0.3 is 15.0 Å². The standard InChI is InChI=1S/C20H31N3O5S/c1-5-29(26,27)23-13-11-22(12-14-23)18(24)17(15-16-9-7-6-8-10-16)21-19(25)28-20(2,3)4/h6-10,17H,5,11-15H2,1-4H3,(H,21,25). The lowest BCUT2D eigenvalue weighted by Crippen LogP contribution is -2.56. The van der Waals surface area contributed by atoms with Crippen LogP contribution in [0.3, 0.4) is 0 Å². The van der Waals surface area contributed by atoms with Crippen molar-refractivity contribution in [3.63, 3.8) is 0 Å². The number of rotatable bonds is 6. The molecule has 0 bridgehead atoms. The van der Waals surface area contributed by atoms with Gasteiger partial charge in [-0.2, -0.15) is 4.31 Å². The zero-order valence-corrected chi connectivity index (χ0v) is 18.4. The topological polar surface area (TPSA) is 96.0 Å². The first-order chi connectivity index (χ1) is 13.5. The predicted molar refractivity (Wildman–Crippen MR) is 111 cm³/mol. The Kier molecular flexibility index (Phi) is 7.65. The number of ether oxygens (including phenoxy) is 1. The van der Waals surface area contributed by atoms with Gasteiger partial charge in [-0.05, 0) is 33.3 Å². The van der Waals surface area contributed by atoms with E-state index in [0.717, 1.165) is 5.56 Å². The quantitative estimate of drug-likeness (QED) is 0.747. The second-order valence-electron chi connectivity index (χ2n) is 8.01. The molecule has 0 radical (unpaired) electrons. The number of amides is 2. The van der Waals surface area contributed by atoms with Gasteiger partial charge in [0.05, 0.1) is 5.75 Å². The maximum Gasteiger partial charge on any atom is 0.408 e. The molecule has 8 nitrogen and oxygen atoms in total. The smallest absolute Gasteiger partial charge is 0.408 e. The molecule has 1 aromatic carbocycles. The highest BCUT2D eigenvalue weighted by Gasteiger charge is 2.32. The van der Waals surface area contributed by atoms with E-state index in [0.29, 0.717) is 19.5 Å². The van der Waals surface area contributed by atoms with Crippen LogP contribution < -0.4 is 5.32 Å². The zero-order chi connectivity index (χ0) is 21.7. The van der Waals surface area contributed by atoms with E-state index in [9.17, 15) is 18.0 Å². The second kappa shape index (κ2) is 9.58. The van der Waals surface area contributed by atoms with Crippen molar-refractivity contribution in [3.8, 4) is 0 Å². The Morgan fingerprint density at radius 2 is 1.69 bits per heavy atom. The summed E-state index contributed by atoms with van der Waals surface area (Å²) in [6.07, 6.45) is -0.328. The summed E-state index contributed by atoms with van der Waals surface area (Å²) >= 11 is 0. The molecule has 0 saturated carbocycles. The second-order valence-corrected chi connectivity index (χ2v) is 10.3. The Hall–Kier alpha value is -2.13. The Morgan fingerprint density at radius 3 is 2.21 bits per heavy atom. The van der Waals surface area contributed by atoms with Crippen LogP contribution in [0.4, 0.5) is 4.79 Å². The molecule has 1 fully saturated rings. The van der Waals surface area contributed by atoms with Crippen molar-refractivity contribution in [2.75, 3.05) is 31.9 Å². The summed E-state index contributed by atoms with van der Waals surface area (Å²) in [7, 11) is -3.27. The third kappa shape index (κ3) is 7.01. The number of hydrogen-bond donors (Lipinski definition) is 1. The van der Waals surface area contributed by atoms with Crippen molar-refractivity contribution >= 4 is 22.0 Å². The summed E-state index contributed by atoms with van der Waals surface area (Å²) in [5.74, 6) is -0.203. The van der Waals surface area contributed by atoms with Gasteiger partial charge in [-0.25, -0.2) is 13.2 Å². The van der Waals surface area contributed by atoms with Gasteiger partial charge in [0, 0.05) is 32.6 Å². The van der Waals surface area contributed by atoms with Crippen LogP contribution in [0.15, 0.2) is 30.3 Å². The number of hydrogen-bond acceptors (Lipinski definition) is 5. The fraction of sp³-hybridized carbons (Fsp3) is 0.600. The molecule has 1 aliphatic heterocycles. The van der Waals surface area contributed by atoms with E-state index < -0.39 is 27.8 Å². The van der Waals surface area contributed by atoms with Crippen molar-refractivity contribution in [2.45, 2.75) is 45.8 Å². The van der Waals surface area contributed by atoms with Crippen LogP contribution in [0.2, 0.25) is 0 Å². The molecule has 162 valence electrons. The number of nitrogens with zero attached hydrogens (tertiary/aromatic N) is 2. The van der Waals surface area contributed by atoms with Crippen molar-refractivity contribution < 1.29 is 22.7 Å². The van der Waals surface area contributed by atoms with Gasteiger partial charge in [0.15, 0.2) is 0 Å². The van der Waals surface area contributed by atoms with Crippen LogP contribution in [0.1, 0.15) is 33.3 Å². The van der Waals surface area contributed by atoms with Crippen LogP contribution >= 0.6 is 0 Å².